The van der Waals surface area contributed by atoms with Crippen LogP contribution in [0.25, 0.3) is 0 Å². The highest BCUT2D eigenvalue weighted by Crippen LogP contribution is 2.21. The highest BCUT2D eigenvalue weighted by molar-refractivity contribution is 14.0. The average molecular weight is 495 g/mol. The van der Waals surface area contributed by atoms with Crippen LogP contribution in [0, 0.1) is 11.6 Å². The molecule has 0 bridgehead atoms. The molecule has 0 aromatic heterocycles. The molecular formula is C19H28F2IN3O2. The molecule has 152 valence electrons. The third kappa shape index (κ3) is 6.25. The van der Waals surface area contributed by atoms with E-state index in [1.54, 1.807) is 0 Å². The number of halogens is 3. The number of nitrogens with one attached hydrogen (secondary N) is 1. The summed E-state index contributed by atoms with van der Waals surface area (Å²) in [6, 6.07) is 3.53. The molecule has 2 aliphatic heterocycles. The van der Waals surface area contributed by atoms with E-state index < -0.39 is 11.6 Å². The van der Waals surface area contributed by atoms with E-state index >= 15 is 0 Å². The molecule has 1 aromatic rings. The van der Waals surface area contributed by atoms with Crippen LogP contribution in [0.5, 0.6) is 0 Å². The highest BCUT2D eigenvalue weighted by atomic mass is 127. The van der Waals surface area contributed by atoms with Gasteiger partial charge in [0.2, 0.25) is 0 Å². The van der Waals surface area contributed by atoms with Gasteiger partial charge in [0, 0.05) is 32.8 Å². The third-order valence-corrected chi connectivity index (χ3v) is 4.76. The van der Waals surface area contributed by atoms with E-state index in [1.165, 1.54) is 6.07 Å². The maximum Gasteiger partial charge on any atom is 0.194 e. The molecular weight excluding hydrogens is 467 g/mol. The summed E-state index contributed by atoms with van der Waals surface area (Å²) >= 11 is 0. The number of hydrogen-bond acceptors (Lipinski definition) is 3. The second-order valence-corrected chi connectivity index (χ2v) is 6.63. The van der Waals surface area contributed by atoms with Gasteiger partial charge in [-0.2, -0.15) is 0 Å². The van der Waals surface area contributed by atoms with Gasteiger partial charge in [-0.25, -0.2) is 8.78 Å². The lowest BCUT2D eigenvalue weighted by Crippen LogP contribution is -2.53. The lowest BCUT2D eigenvalue weighted by molar-refractivity contribution is -0.0817. The van der Waals surface area contributed by atoms with E-state index in [0.29, 0.717) is 25.1 Å². The van der Waals surface area contributed by atoms with Crippen molar-refractivity contribution in [2.45, 2.75) is 38.4 Å². The first-order chi connectivity index (χ1) is 12.7. The minimum atomic E-state index is -0.426. The Morgan fingerprint density at radius 2 is 2.07 bits per heavy atom. The lowest BCUT2D eigenvalue weighted by Gasteiger charge is -2.37. The van der Waals surface area contributed by atoms with E-state index in [0.717, 1.165) is 57.2 Å². The zero-order chi connectivity index (χ0) is 18.4. The monoisotopic (exact) mass is 495 g/mol. The zero-order valence-electron chi connectivity index (χ0n) is 15.6. The fraction of sp³-hybridized carbons (Fsp3) is 0.632. The Kier molecular flexibility index (Phi) is 9.17. The molecule has 2 atom stereocenters. The summed E-state index contributed by atoms with van der Waals surface area (Å²) in [5.74, 6) is -0.0306. The Hall–Kier alpha value is -1.00. The van der Waals surface area contributed by atoms with Gasteiger partial charge in [0.15, 0.2) is 5.96 Å². The lowest BCUT2D eigenvalue weighted by atomic mass is 10.1. The predicted octanol–water partition coefficient (Wildman–Crippen LogP) is 2.97. The molecule has 27 heavy (non-hydrogen) atoms. The topological polar surface area (TPSA) is 46.1 Å². The van der Waals surface area contributed by atoms with Gasteiger partial charge >= 0.3 is 0 Å². The second kappa shape index (κ2) is 11.1. The van der Waals surface area contributed by atoms with Crippen LogP contribution in [0.15, 0.2) is 23.2 Å². The fourth-order valence-electron chi connectivity index (χ4n) is 3.43. The number of guanidine groups is 1. The maximum atomic E-state index is 13.7. The predicted molar refractivity (Wildman–Crippen MR) is 112 cm³/mol. The minimum Gasteiger partial charge on any atom is -0.375 e. The first-order valence-electron chi connectivity index (χ1n) is 9.37. The Morgan fingerprint density at radius 1 is 1.26 bits per heavy atom. The highest BCUT2D eigenvalue weighted by Gasteiger charge is 2.32. The smallest absolute Gasteiger partial charge is 0.194 e. The van der Waals surface area contributed by atoms with Crippen molar-refractivity contribution in [3.63, 3.8) is 0 Å². The molecule has 2 fully saturated rings. The molecule has 0 aliphatic carbocycles. The van der Waals surface area contributed by atoms with E-state index in [1.807, 2.05) is 6.92 Å². The molecule has 8 heteroatoms. The van der Waals surface area contributed by atoms with Crippen LogP contribution in [0.2, 0.25) is 0 Å². The van der Waals surface area contributed by atoms with Crippen LogP contribution >= 0.6 is 24.0 Å². The number of benzene rings is 1. The number of nitrogens with zero attached hydrogens (tertiary/aromatic N) is 2. The summed E-state index contributed by atoms with van der Waals surface area (Å²) in [5, 5.41) is 3.29. The Balaban J connectivity index is 0.00000261. The Labute approximate surface area is 176 Å². The van der Waals surface area contributed by atoms with Crippen molar-refractivity contribution in [2.75, 3.05) is 39.4 Å². The number of ether oxygens (including phenoxy) is 2. The molecule has 0 spiro atoms. The van der Waals surface area contributed by atoms with Gasteiger partial charge in [0.1, 0.15) is 17.7 Å². The van der Waals surface area contributed by atoms with Crippen molar-refractivity contribution >= 4 is 29.9 Å². The molecule has 2 saturated heterocycles. The number of morpholine rings is 1. The first-order valence-corrected chi connectivity index (χ1v) is 9.37. The molecule has 5 nitrogen and oxygen atoms in total. The van der Waals surface area contributed by atoms with Gasteiger partial charge in [-0.15, -0.1) is 24.0 Å². The van der Waals surface area contributed by atoms with Crippen molar-refractivity contribution in [1.29, 1.82) is 0 Å². The number of rotatable bonds is 5. The van der Waals surface area contributed by atoms with Crippen LogP contribution < -0.4 is 5.32 Å². The molecule has 0 saturated carbocycles. The molecule has 0 amide bonds. The summed E-state index contributed by atoms with van der Waals surface area (Å²) < 4.78 is 38.7. The standard InChI is InChI=1S/C19H27F2N3O2.HI/c1-2-22-19(23-8-7-14-12-15(20)5-6-16(14)21)24-9-11-26-18(13-24)17-4-3-10-25-17;/h5-6,12,17-18H,2-4,7-11,13H2,1H3,(H,22,23);1H. The van der Waals surface area contributed by atoms with Gasteiger partial charge < -0.3 is 19.7 Å². The van der Waals surface area contributed by atoms with Crippen molar-refractivity contribution in [2.24, 2.45) is 4.99 Å². The van der Waals surface area contributed by atoms with Gasteiger partial charge in [0.25, 0.3) is 0 Å². The maximum absolute atomic E-state index is 13.7. The fourth-order valence-corrected chi connectivity index (χ4v) is 3.43. The van der Waals surface area contributed by atoms with E-state index in [-0.39, 0.29) is 36.2 Å². The van der Waals surface area contributed by atoms with Crippen molar-refractivity contribution in [1.82, 2.24) is 10.2 Å². The first kappa shape index (κ1) is 22.3. The SMILES string of the molecule is CCNC(=NCCc1cc(F)ccc1F)N1CCOC(C2CCCO2)C1.I. The quantitative estimate of drug-likeness (QED) is 0.388. The molecule has 3 rings (SSSR count). The summed E-state index contributed by atoms with van der Waals surface area (Å²) in [6.07, 6.45) is 2.68. The molecule has 0 radical (unpaired) electrons. The number of hydrogen-bond donors (Lipinski definition) is 1. The average Bonchev–Trinajstić information content (AvgIpc) is 3.19. The van der Waals surface area contributed by atoms with Crippen LogP contribution in [0.3, 0.4) is 0 Å². The van der Waals surface area contributed by atoms with E-state index in [9.17, 15) is 8.78 Å². The van der Waals surface area contributed by atoms with Gasteiger partial charge in [0.05, 0.1) is 12.7 Å². The van der Waals surface area contributed by atoms with Gasteiger partial charge in [-0.1, -0.05) is 0 Å². The zero-order valence-corrected chi connectivity index (χ0v) is 18.0. The molecule has 2 unspecified atom stereocenters. The summed E-state index contributed by atoms with van der Waals surface area (Å²) in [4.78, 5) is 6.78. The number of aliphatic imine (C=N–C) groups is 1. The van der Waals surface area contributed by atoms with Crippen molar-refractivity contribution in [3.05, 3.63) is 35.4 Å². The van der Waals surface area contributed by atoms with Crippen molar-refractivity contribution < 1.29 is 18.3 Å². The van der Waals surface area contributed by atoms with Crippen LogP contribution in [-0.2, 0) is 15.9 Å². The van der Waals surface area contributed by atoms with Crippen LogP contribution in [0.1, 0.15) is 25.3 Å². The third-order valence-electron chi connectivity index (χ3n) is 4.76. The summed E-state index contributed by atoms with van der Waals surface area (Å²) in [6.45, 7) is 6.07. The van der Waals surface area contributed by atoms with E-state index in [2.05, 4.69) is 15.2 Å². The summed E-state index contributed by atoms with van der Waals surface area (Å²) in [7, 11) is 0. The van der Waals surface area contributed by atoms with Crippen LogP contribution in [-0.4, -0.2) is 62.5 Å². The largest absolute Gasteiger partial charge is 0.375 e. The molecule has 1 aromatic carbocycles. The second-order valence-electron chi connectivity index (χ2n) is 6.63. The minimum absolute atomic E-state index is 0. The molecule has 2 heterocycles. The molecule has 1 N–H and O–H groups in total. The Bertz CT molecular complexity index is 627. The van der Waals surface area contributed by atoms with Crippen molar-refractivity contribution in [3.8, 4) is 0 Å². The molecule has 2 aliphatic rings. The Morgan fingerprint density at radius 3 is 2.81 bits per heavy atom. The van der Waals surface area contributed by atoms with Gasteiger partial charge in [-0.05, 0) is 49.9 Å². The van der Waals surface area contributed by atoms with Crippen LogP contribution in [0.4, 0.5) is 8.78 Å². The van der Waals surface area contributed by atoms with E-state index in [4.69, 9.17) is 9.47 Å². The summed E-state index contributed by atoms with van der Waals surface area (Å²) in [5.41, 5.74) is 0.351. The van der Waals surface area contributed by atoms with Gasteiger partial charge in [-0.3, -0.25) is 4.99 Å². The normalized spacial score (nSPS) is 23.2.